The van der Waals surface area contributed by atoms with Crippen LogP contribution in [0.5, 0.6) is 0 Å². The van der Waals surface area contributed by atoms with E-state index in [0.717, 1.165) is 23.4 Å². The van der Waals surface area contributed by atoms with Gasteiger partial charge in [0, 0.05) is 12.8 Å². The molecule has 0 bridgehead atoms. The lowest BCUT2D eigenvalue weighted by Crippen LogP contribution is -2.23. The summed E-state index contributed by atoms with van der Waals surface area (Å²) in [5.74, 6) is 0.463. The van der Waals surface area contributed by atoms with Gasteiger partial charge in [0.05, 0.1) is 39.2 Å². The Bertz CT molecular complexity index is 1170. The number of carbonyl (C=O) groups excluding carboxylic acids is 1. The van der Waals surface area contributed by atoms with Gasteiger partial charge in [0.25, 0.3) is 0 Å². The fourth-order valence-corrected chi connectivity index (χ4v) is 3.91. The van der Waals surface area contributed by atoms with Gasteiger partial charge in [0.15, 0.2) is 0 Å². The Hall–Kier alpha value is -3.20. The second kappa shape index (κ2) is 8.27. The summed E-state index contributed by atoms with van der Waals surface area (Å²) in [6.45, 7) is 0.264. The van der Waals surface area contributed by atoms with Crippen LogP contribution in [0.2, 0.25) is 0 Å². The number of H-pyrrole nitrogens is 1. The average molecular weight is 430 g/mol. The normalized spacial score (nSPS) is 11.7. The van der Waals surface area contributed by atoms with E-state index in [1.54, 1.807) is 6.20 Å². The van der Waals surface area contributed by atoms with Crippen LogP contribution in [0.25, 0.3) is 21.5 Å². The van der Waals surface area contributed by atoms with Crippen molar-refractivity contribution in [2.75, 3.05) is 0 Å². The van der Waals surface area contributed by atoms with Gasteiger partial charge in [0.1, 0.15) is 5.82 Å². The summed E-state index contributed by atoms with van der Waals surface area (Å²) >= 11 is 1.30. The Morgan fingerprint density at radius 2 is 1.93 bits per heavy atom. The van der Waals surface area contributed by atoms with Crippen LogP contribution in [0.4, 0.5) is 13.2 Å². The highest BCUT2D eigenvalue weighted by Gasteiger charge is 2.30. The zero-order chi connectivity index (χ0) is 21.1. The fourth-order valence-electron chi connectivity index (χ4n) is 2.97. The van der Waals surface area contributed by atoms with Gasteiger partial charge in [0.2, 0.25) is 5.91 Å². The molecule has 0 fully saturated rings. The van der Waals surface area contributed by atoms with Gasteiger partial charge in [-0.1, -0.05) is 30.3 Å². The summed E-state index contributed by atoms with van der Waals surface area (Å²) in [7, 11) is 0. The molecular formula is C21H17F3N4OS. The smallest absolute Gasteiger partial charge is 0.349 e. The van der Waals surface area contributed by atoms with Crippen molar-refractivity contribution < 1.29 is 18.0 Å². The average Bonchev–Trinajstić information content (AvgIpc) is 3.37. The van der Waals surface area contributed by atoms with E-state index in [2.05, 4.69) is 20.3 Å². The van der Waals surface area contributed by atoms with Crippen molar-refractivity contribution in [3.05, 3.63) is 71.1 Å². The number of halogens is 3. The Morgan fingerprint density at radius 1 is 1.13 bits per heavy atom. The zero-order valence-electron chi connectivity index (χ0n) is 15.7. The largest absolute Gasteiger partial charge is 0.416 e. The standard InChI is InChI=1S/C21H17F3N4OS/c22-21(23,24)14-6-7-17-15(10-14)28-20(30-17)9-8-19(29)26-12-18-25-11-16(27-18)13-4-2-1-3-5-13/h1-7,10-11H,8-9,12H2,(H,25,27)(H,26,29). The number of hydrogen-bond donors (Lipinski definition) is 2. The molecule has 30 heavy (non-hydrogen) atoms. The van der Waals surface area contributed by atoms with Crippen LogP contribution in [-0.2, 0) is 23.9 Å². The van der Waals surface area contributed by atoms with Gasteiger partial charge in [-0.3, -0.25) is 4.79 Å². The van der Waals surface area contributed by atoms with Gasteiger partial charge in [-0.2, -0.15) is 13.2 Å². The molecule has 0 atom stereocenters. The number of rotatable bonds is 6. The number of imidazole rings is 1. The first-order chi connectivity index (χ1) is 14.4. The molecule has 1 amide bonds. The predicted molar refractivity (Wildman–Crippen MR) is 109 cm³/mol. The van der Waals surface area contributed by atoms with Crippen molar-refractivity contribution in [3.63, 3.8) is 0 Å². The van der Waals surface area contributed by atoms with Gasteiger partial charge >= 0.3 is 6.18 Å². The van der Waals surface area contributed by atoms with Crippen molar-refractivity contribution in [3.8, 4) is 11.3 Å². The molecule has 2 aromatic carbocycles. The maximum Gasteiger partial charge on any atom is 0.416 e. The Labute approximate surface area is 174 Å². The monoisotopic (exact) mass is 430 g/mol. The third-order valence-corrected chi connectivity index (χ3v) is 5.59. The van der Waals surface area contributed by atoms with E-state index in [0.29, 0.717) is 27.5 Å². The molecule has 2 heterocycles. The van der Waals surface area contributed by atoms with Crippen LogP contribution in [0, 0.1) is 0 Å². The summed E-state index contributed by atoms with van der Waals surface area (Å²) in [5.41, 5.74) is 1.45. The maximum absolute atomic E-state index is 12.8. The van der Waals surface area contributed by atoms with Gasteiger partial charge in [-0.25, -0.2) is 9.97 Å². The molecule has 0 spiro atoms. The van der Waals surface area contributed by atoms with Gasteiger partial charge in [-0.05, 0) is 23.8 Å². The first-order valence-corrected chi connectivity index (χ1v) is 10.0. The summed E-state index contributed by atoms with van der Waals surface area (Å²) in [6, 6.07) is 13.2. The fraction of sp³-hybridized carbons (Fsp3) is 0.190. The van der Waals surface area contributed by atoms with Crippen LogP contribution >= 0.6 is 11.3 Å². The molecule has 2 N–H and O–H groups in total. The third-order valence-electron chi connectivity index (χ3n) is 4.49. The van der Waals surface area contributed by atoms with Crippen molar-refractivity contribution >= 4 is 27.5 Å². The van der Waals surface area contributed by atoms with Crippen LogP contribution in [0.15, 0.2) is 54.7 Å². The minimum Gasteiger partial charge on any atom is -0.349 e. The minimum absolute atomic E-state index is 0.178. The highest BCUT2D eigenvalue weighted by Crippen LogP contribution is 2.33. The first-order valence-electron chi connectivity index (χ1n) is 9.21. The molecule has 0 aliphatic rings. The number of aromatic amines is 1. The minimum atomic E-state index is -4.40. The van der Waals surface area contributed by atoms with E-state index in [9.17, 15) is 18.0 Å². The number of fused-ring (bicyclic) bond motifs is 1. The van der Waals surface area contributed by atoms with Crippen molar-refractivity contribution in [1.82, 2.24) is 20.3 Å². The van der Waals surface area contributed by atoms with E-state index < -0.39 is 11.7 Å². The van der Waals surface area contributed by atoms with E-state index >= 15 is 0 Å². The van der Waals surface area contributed by atoms with E-state index in [1.165, 1.54) is 17.4 Å². The molecule has 0 unspecified atom stereocenters. The van der Waals surface area contributed by atoms with Crippen molar-refractivity contribution in [2.45, 2.75) is 25.6 Å². The number of alkyl halides is 3. The number of aryl methyl sites for hydroxylation is 1. The quantitative estimate of drug-likeness (QED) is 0.455. The number of nitrogens with one attached hydrogen (secondary N) is 2. The molecule has 154 valence electrons. The lowest BCUT2D eigenvalue weighted by atomic mass is 10.2. The molecule has 0 aliphatic heterocycles. The summed E-state index contributed by atoms with van der Waals surface area (Å²) < 4.78 is 39.1. The number of thiazole rings is 1. The summed E-state index contributed by atoms with van der Waals surface area (Å²) in [5, 5.41) is 3.42. The van der Waals surface area contributed by atoms with E-state index in [-0.39, 0.29) is 18.9 Å². The molecular weight excluding hydrogens is 413 g/mol. The molecule has 0 saturated heterocycles. The molecule has 0 saturated carbocycles. The number of hydrogen-bond acceptors (Lipinski definition) is 4. The Morgan fingerprint density at radius 3 is 2.70 bits per heavy atom. The Kier molecular flexibility index (Phi) is 5.54. The number of carbonyl (C=O) groups is 1. The molecule has 9 heteroatoms. The first kappa shape index (κ1) is 20.1. The van der Waals surface area contributed by atoms with Crippen LogP contribution in [0.3, 0.4) is 0 Å². The second-order valence-corrected chi connectivity index (χ2v) is 7.79. The number of benzene rings is 2. The summed E-state index contributed by atoms with van der Waals surface area (Å²) in [6.07, 6.45) is -2.13. The maximum atomic E-state index is 12.8. The molecule has 4 rings (SSSR count). The Balaban J connectivity index is 1.31. The molecule has 0 aliphatic carbocycles. The molecule has 4 aromatic rings. The SMILES string of the molecule is O=C(CCc1nc2cc(C(F)(F)F)ccc2s1)NCc1ncc(-c2ccccc2)[nH]1. The predicted octanol–water partition coefficient (Wildman–Crippen LogP) is 4.95. The number of amides is 1. The molecule has 0 radical (unpaired) electrons. The molecule has 5 nitrogen and oxygen atoms in total. The van der Waals surface area contributed by atoms with Crippen LogP contribution < -0.4 is 5.32 Å². The summed E-state index contributed by atoms with van der Waals surface area (Å²) in [4.78, 5) is 23.8. The van der Waals surface area contributed by atoms with Crippen molar-refractivity contribution in [2.24, 2.45) is 0 Å². The van der Waals surface area contributed by atoms with Crippen molar-refractivity contribution in [1.29, 1.82) is 0 Å². The highest BCUT2D eigenvalue weighted by molar-refractivity contribution is 7.18. The van der Waals surface area contributed by atoms with Crippen LogP contribution in [0.1, 0.15) is 22.8 Å². The topological polar surface area (TPSA) is 70.7 Å². The van der Waals surface area contributed by atoms with E-state index in [4.69, 9.17) is 0 Å². The lowest BCUT2D eigenvalue weighted by Gasteiger charge is -2.04. The third kappa shape index (κ3) is 4.68. The number of aromatic nitrogens is 3. The second-order valence-electron chi connectivity index (χ2n) is 6.67. The molecule has 2 aromatic heterocycles. The zero-order valence-corrected chi connectivity index (χ0v) is 16.5. The van der Waals surface area contributed by atoms with E-state index in [1.807, 2.05) is 30.3 Å². The number of nitrogens with zero attached hydrogens (tertiary/aromatic N) is 2. The van der Waals surface area contributed by atoms with Gasteiger partial charge < -0.3 is 10.3 Å². The van der Waals surface area contributed by atoms with Gasteiger partial charge in [-0.15, -0.1) is 11.3 Å². The van der Waals surface area contributed by atoms with Crippen LogP contribution in [-0.4, -0.2) is 20.9 Å². The highest BCUT2D eigenvalue weighted by atomic mass is 32.1. The lowest BCUT2D eigenvalue weighted by molar-refractivity contribution is -0.137.